The quantitative estimate of drug-likeness (QED) is 0.342. The molecule has 2 N–H and O–H groups in total. The predicted molar refractivity (Wildman–Crippen MR) is 129 cm³/mol. The molecular weight excluding hydrogens is 485 g/mol. The van der Waals surface area contributed by atoms with E-state index in [1.807, 2.05) is 0 Å². The molecule has 1 aromatic rings. The highest BCUT2D eigenvalue weighted by molar-refractivity contribution is 14.0. The number of carbonyl (C=O) groups excluding carboxylic acids is 1. The Morgan fingerprint density at radius 2 is 2.04 bits per heavy atom. The maximum atomic E-state index is 11.6. The highest BCUT2D eigenvalue weighted by atomic mass is 127. The molecule has 1 aromatic heterocycles. The molecule has 2 heterocycles. The minimum absolute atomic E-state index is 0. The maximum Gasteiger partial charge on any atom is 0.220 e. The lowest BCUT2D eigenvalue weighted by molar-refractivity contribution is -0.121. The van der Waals surface area contributed by atoms with Crippen LogP contribution in [-0.4, -0.2) is 55.0 Å². The van der Waals surface area contributed by atoms with Gasteiger partial charge in [-0.2, -0.15) is 0 Å². The third kappa shape index (κ3) is 7.85. The smallest absolute Gasteiger partial charge is 0.220 e. The van der Waals surface area contributed by atoms with E-state index in [0.717, 1.165) is 62.1 Å². The van der Waals surface area contributed by atoms with Crippen LogP contribution in [0.3, 0.4) is 0 Å². The van der Waals surface area contributed by atoms with Gasteiger partial charge in [0.2, 0.25) is 5.91 Å². The first-order valence-electron chi connectivity index (χ1n) is 10.0. The van der Waals surface area contributed by atoms with Crippen LogP contribution in [0.2, 0.25) is 0 Å². The van der Waals surface area contributed by atoms with Crippen molar-refractivity contribution in [3.63, 3.8) is 0 Å². The van der Waals surface area contributed by atoms with Crippen molar-refractivity contribution in [2.24, 2.45) is 10.9 Å². The van der Waals surface area contributed by atoms with Gasteiger partial charge in [0.15, 0.2) is 5.96 Å². The molecule has 0 atom stereocenters. The van der Waals surface area contributed by atoms with Crippen LogP contribution in [0.5, 0.6) is 0 Å². The van der Waals surface area contributed by atoms with Gasteiger partial charge in [-0.05, 0) is 25.7 Å². The zero-order valence-electron chi connectivity index (χ0n) is 17.9. The van der Waals surface area contributed by atoms with Crippen LogP contribution in [0.1, 0.15) is 57.7 Å². The van der Waals surface area contributed by atoms with Crippen molar-refractivity contribution in [1.29, 1.82) is 0 Å². The monoisotopic (exact) mass is 521 g/mol. The fraction of sp³-hybridized carbons (Fsp3) is 0.750. The van der Waals surface area contributed by atoms with Gasteiger partial charge in [-0.1, -0.05) is 20.8 Å². The lowest BCUT2D eigenvalue weighted by atomic mass is 9.93. The Hall–Kier alpha value is -0.900. The summed E-state index contributed by atoms with van der Waals surface area (Å²) in [5.41, 5.74) is 1.27. The van der Waals surface area contributed by atoms with Gasteiger partial charge in [-0.25, -0.2) is 4.98 Å². The van der Waals surface area contributed by atoms with Crippen molar-refractivity contribution in [1.82, 2.24) is 20.5 Å². The molecule has 0 spiro atoms. The molecule has 160 valence electrons. The summed E-state index contributed by atoms with van der Waals surface area (Å²) >= 11 is 1.73. The standard InChI is InChI=1S/C20H35N5OS.HI/c1-6-22-19(25-11-8-15(9-12-25)13-17(26)21-5)23-10-7-18-24-16(14-27-18)20(2,3)4;/h14-15H,6-13H2,1-5H3,(H,21,26)(H,22,23);1H. The molecule has 1 fully saturated rings. The summed E-state index contributed by atoms with van der Waals surface area (Å²) in [5, 5.41) is 9.47. The van der Waals surface area contributed by atoms with Crippen molar-refractivity contribution in [2.45, 2.75) is 58.8 Å². The van der Waals surface area contributed by atoms with Gasteiger partial charge in [0.1, 0.15) is 0 Å². The molecule has 1 amide bonds. The van der Waals surface area contributed by atoms with Gasteiger partial charge < -0.3 is 15.5 Å². The van der Waals surface area contributed by atoms with Crippen molar-refractivity contribution in [3.05, 3.63) is 16.1 Å². The normalized spacial score (nSPS) is 15.9. The van der Waals surface area contributed by atoms with E-state index in [1.165, 1.54) is 0 Å². The van der Waals surface area contributed by atoms with Gasteiger partial charge in [0.25, 0.3) is 0 Å². The van der Waals surface area contributed by atoms with E-state index in [2.05, 4.69) is 48.6 Å². The SMILES string of the molecule is CCNC(=NCCc1nc(C(C)(C)C)cs1)N1CCC(CC(=O)NC)CC1.I. The number of rotatable bonds is 6. The van der Waals surface area contributed by atoms with Crippen molar-refractivity contribution < 1.29 is 4.79 Å². The number of aromatic nitrogens is 1. The number of carbonyl (C=O) groups is 1. The first kappa shape index (κ1) is 25.1. The number of likely N-dealkylation sites (tertiary alicyclic amines) is 1. The lowest BCUT2D eigenvalue weighted by Crippen LogP contribution is -2.46. The van der Waals surface area contributed by atoms with Gasteiger partial charge in [-0.3, -0.25) is 9.79 Å². The number of thiazole rings is 1. The minimum Gasteiger partial charge on any atom is -0.359 e. The van der Waals surface area contributed by atoms with E-state index in [0.29, 0.717) is 12.3 Å². The van der Waals surface area contributed by atoms with E-state index in [-0.39, 0.29) is 35.3 Å². The van der Waals surface area contributed by atoms with E-state index in [4.69, 9.17) is 9.98 Å². The molecule has 0 saturated carbocycles. The highest BCUT2D eigenvalue weighted by Gasteiger charge is 2.23. The summed E-state index contributed by atoms with van der Waals surface area (Å²) in [5.74, 6) is 1.62. The molecule has 6 nitrogen and oxygen atoms in total. The zero-order valence-corrected chi connectivity index (χ0v) is 21.0. The second-order valence-electron chi connectivity index (χ2n) is 8.17. The van der Waals surface area contributed by atoms with Crippen LogP contribution >= 0.6 is 35.3 Å². The largest absolute Gasteiger partial charge is 0.359 e. The summed E-state index contributed by atoms with van der Waals surface area (Å²) in [6.45, 7) is 12.2. The number of amides is 1. The van der Waals surface area contributed by atoms with E-state index in [1.54, 1.807) is 18.4 Å². The van der Waals surface area contributed by atoms with Gasteiger partial charge in [-0.15, -0.1) is 35.3 Å². The number of halogens is 1. The Labute approximate surface area is 191 Å². The fourth-order valence-electron chi connectivity index (χ4n) is 3.17. The molecule has 0 aromatic carbocycles. The van der Waals surface area contributed by atoms with Crippen molar-refractivity contribution >= 4 is 47.2 Å². The topological polar surface area (TPSA) is 69.6 Å². The number of piperidine rings is 1. The molecule has 0 bridgehead atoms. The Kier molecular flexibility index (Phi) is 10.7. The molecule has 1 aliphatic rings. The van der Waals surface area contributed by atoms with Gasteiger partial charge in [0, 0.05) is 56.9 Å². The predicted octanol–water partition coefficient (Wildman–Crippen LogP) is 3.41. The first-order chi connectivity index (χ1) is 12.8. The third-order valence-electron chi connectivity index (χ3n) is 4.91. The molecule has 0 radical (unpaired) electrons. The molecule has 0 unspecified atom stereocenters. The van der Waals surface area contributed by atoms with Crippen LogP contribution in [0.4, 0.5) is 0 Å². The highest BCUT2D eigenvalue weighted by Crippen LogP contribution is 2.24. The molecule has 28 heavy (non-hydrogen) atoms. The Morgan fingerprint density at radius 3 is 2.57 bits per heavy atom. The summed E-state index contributed by atoms with van der Waals surface area (Å²) in [4.78, 5) is 23.5. The number of nitrogens with zero attached hydrogens (tertiary/aromatic N) is 3. The van der Waals surface area contributed by atoms with Crippen LogP contribution in [0.15, 0.2) is 10.4 Å². The Bertz CT molecular complexity index is 633. The van der Waals surface area contributed by atoms with Crippen molar-refractivity contribution in [3.8, 4) is 0 Å². The zero-order chi connectivity index (χ0) is 19.9. The molecular formula is C20H36IN5OS. The first-order valence-corrected chi connectivity index (χ1v) is 10.9. The van der Waals surface area contributed by atoms with Crippen molar-refractivity contribution in [2.75, 3.05) is 33.2 Å². The lowest BCUT2D eigenvalue weighted by Gasteiger charge is -2.34. The maximum absolute atomic E-state index is 11.6. The average molecular weight is 522 g/mol. The Morgan fingerprint density at radius 1 is 1.36 bits per heavy atom. The van der Waals surface area contributed by atoms with E-state index < -0.39 is 0 Å². The molecule has 0 aliphatic carbocycles. The molecule has 1 saturated heterocycles. The molecule has 8 heteroatoms. The molecule has 2 rings (SSSR count). The summed E-state index contributed by atoms with van der Waals surface area (Å²) in [7, 11) is 1.71. The number of hydrogen-bond donors (Lipinski definition) is 2. The van der Waals surface area contributed by atoms with Gasteiger partial charge >= 0.3 is 0 Å². The van der Waals surface area contributed by atoms with Crippen LogP contribution in [0, 0.1) is 5.92 Å². The number of aliphatic imine (C=N–C) groups is 1. The summed E-state index contributed by atoms with van der Waals surface area (Å²) in [6, 6.07) is 0. The second-order valence-corrected chi connectivity index (χ2v) is 9.11. The number of hydrogen-bond acceptors (Lipinski definition) is 4. The number of nitrogens with one attached hydrogen (secondary N) is 2. The second kappa shape index (κ2) is 11.9. The van der Waals surface area contributed by atoms with Crippen LogP contribution in [-0.2, 0) is 16.6 Å². The Balaban J connectivity index is 0.00000392. The summed E-state index contributed by atoms with van der Waals surface area (Å²) < 4.78 is 0. The van der Waals surface area contributed by atoms with E-state index >= 15 is 0 Å². The fourth-order valence-corrected chi connectivity index (χ4v) is 4.18. The van der Waals surface area contributed by atoms with Gasteiger partial charge in [0.05, 0.1) is 10.7 Å². The average Bonchev–Trinajstić information content (AvgIpc) is 3.11. The molecule has 1 aliphatic heterocycles. The van der Waals surface area contributed by atoms with E-state index in [9.17, 15) is 4.79 Å². The third-order valence-corrected chi connectivity index (χ3v) is 5.82. The van der Waals surface area contributed by atoms with Crippen LogP contribution in [0.25, 0.3) is 0 Å². The summed E-state index contributed by atoms with van der Waals surface area (Å²) in [6.07, 6.45) is 3.60. The number of guanidine groups is 1. The minimum atomic E-state index is 0. The van der Waals surface area contributed by atoms with Crippen LogP contribution < -0.4 is 10.6 Å².